The zero-order valence-electron chi connectivity index (χ0n) is 12.0. The molecule has 1 atom stereocenters. The molecule has 1 heterocycles. The topological polar surface area (TPSA) is 86.7 Å². The van der Waals surface area contributed by atoms with Gasteiger partial charge in [0.25, 0.3) is 11.8 Å². The maximum absolute atomic E-state index is 12.4. The first kappa shape index (κ1) is 15.2. The Balaban J connectivity index is 2.24. The maximum Gasteiger partial charge on any atom is 0.261 e. The largest absolute Gasteiger partial charge is 0.289 e. The monoisotopic (exact) mass is 290 g/mol. The van der Waals surface area contributed by atoms with Gasteiger partial charge in [-0.15, -0.1) is 0 Å². The lowest BCUT2D eigenvalue weighted by Crippen LogP contribution is -2.43. The Morgan fingerprint density at radius 2 is 1.71 bits per heavy atom. The van der Waals surface area contributed by atoms with E-state index >= 15 is 0 Å². The summed E-state index contributed by atoms with van der Waals surface area (Å²) in [6, 6.07) is 6.32. The van der Waals surface area contributed by atoms with Crippen molar-refractivity contribution < 1.29 is 19.6 Å². The molecule has 1 aliphatic heterocycles. The fourth-order valence-electron chi connectivity index (χ4n) is 2.60. The van der Waals surface area contributed by atoms with Gasteiger partial charge in [0, 0.05) is 12.5 Å². The number of benzene rings is 1. The molecular weight excluding hydrogens is 272 g/mol. The summed E-state index contributed by atoms with van der Waals surface area (Å²) in [6.45, 7) is 3.79. The Kier molecular flexibility index (Phi) is 4.37. The number of rotatable bonds is 5. The molecule has 2 rings (SSSR count). The molecule has 0 saturated carbocycles. The van der Waals surface area contributed by atoms with Crippen LogP contribution < -0.4 is 5.48 Å². The summed E-state index contributed by atoms with van der Waals surface area (Å²) >= 11 is 0. The van der Waals surface area contributed by atoms with Gasteiger partial charge in [0.2, 0.25) is 5.91 Å². The van der Waals surface area contributed by atoms with E-state index in [1.807, 2.05) is 13.8 Å². The first-order valence-electron chi connectivity index (χ1n) is 6.87. The zero-order valence-corrected chi connectivity index (χ0v) is 12.0. The fraction of sp³-hybridized carbons (Fsp3) is 0.400. The predicted molar refractivity (Wildman–Crippen MR) is 74.7 cm³/mol. The highest BCUT2D eigenvalue weighted by Crippen LogP contribution is 2.28. The van der Waals surface area contributed by atoms with Crippen molar-refractivity contribution in [1.29, 1.82) is 0 Å². The molecule has 0 aliphatic carbocycles. The van der Waals surface area contributed by atoms with Gasteiger partial charge in [-0.05, 0) is 24.5 Å². The lowest BCUT2D eigenvalue weighted by atomic mass is 9.97. The van der Waals surface area contributed by atoms with Gasteiger partial charge in [0.15, 0.2) is 0 Å². The molecule has 112 valence electrons. The van der Waals surface area contributed by atoms with E-state index < -0.39 is 5.91 Å². The number of carbonyl (C=O) groups is 3. The van der Waals surface area contributed by atoms with Gasteiger partial charge in [-0.2, -0.15) is 0 Å². The lowest BCUT2D eigenvalue weighted by molar-refractivity contribution is -0.129. The van der Waals surface area contributed by atoms with Gasteiger partial charge in [-0.25, -0.2) is 5.48 Å². The summed E-state index contributed by atoms with van der Waals surface area (Å²) in [7, 11) is 0. The third kappa shape index (κ3) is 2.80. The van der Waals surface area contributed by atoms with Crippen molar-refractivity contribution in [3.05, 3.63) is 35.4 Å². The number of hydroxylamine groups is 1. The van der Waals surface area contributed by atoms with Gasteiger partial charge in [-0.1, -0.05) is 26.0 Å². The number of hydrogen-bond acceptors (Lipinski definition) is 4. The molecule has 6 heteroatoms. The number of nitrogens with zero attached hydrogens (tertiary/aromatic N) is 1. The second-order valence-electron chi connectivity index (χ2n) is 5.41. The van der Waals surface area contributed by atoms with Gasteiger partial charge in [-0.3, -0.25) is 24.5 Å². The molecule has 0 radical (unpaired) electrons. The van der Waals surface area contributed by atoms with E-state index in [9.17, 15) is 14.4 Å². The molecule has 0 fully saturated rings. The van der Waals surface area contributed by atoms with Gasteiger partial charge in [0.05, 0.1) is 11.1 Å². The van der Waals surface area contributed by atoms with Crippen molar-refractivity contribution in [2.45, 2.75) is 32.7 Å². The molecule has 1 aromatic rings. The van der Waals surface area contributed by atoms with Crippen molar-refractivity contribution in [3.8, 4) is 0 Å². The molecule has 2 N–H and O–H groups in total. The zero-order chi connectivity index (χ0) is 15.6. The summed E-state index contributed by atoms with van der Waals surface area (Å²) < 4.78 is 0. The van der Waals surface area contributed by atoms with Crippen molar-refractivity contribution in [3.63, 3.8) is 0 Å². The fourth-order valence-corrected chi connectivity index (χ4v) is 2.60. The van der Waals surface area contributed by atoms with Crippen LogP contribution in [-0.4, -0.2) is 33.9 Å². The van der Waals surface area contributed by atoms with Crippen molar-refractivity contribution >= 4 is 17.7 Å². The molecule has 1 unspecified atom stereocenters. The number of hydrogen-bond donors (Lipinski definition) is 2. The minimum atomic E-state index is -0.530. The predicted octanol–water partition coefficient (Wildman–Crippen LogP) is 1.59. The molecule has 0 spiro atoms. The first-order valence-corrected chi connectivity index (χ1v) is 6.87. The molecule has 1 aliphatic rings. The summed E-state index contributed by atoms with van der Waals surface area (Å²) in [5.74, 6) is -1.16. The van der Waals surface area contributed by atoms with Crippen LogP contribution in [0.5, 0.6) is 0 Å². The minimum absolute atomic E-state index is 0.0127. The summed E-state index contributed by atoms with van der Waals surface area (Å²) in [5.41, 5.74) is 2.37. The number of carbonyl (C=O) groups excluding carboxylic acids is 3. The van der Waals surface area contributed by atoms with Crippen LogP contribution in [0.4, 0.5) is 0 Å². The second-order valence-corrected chi connectivity index (χ2v) is 5.41. The number of imide groups is 1. The van der Waals surface area contributed by atoms with E-state index in [0.717, 1.165) is 0 Å². The highest BCUT2D eigenvalue weighted by atomic mass is 16.5. The van der Waals surface area contributed by atoms with Crippen LogP contribution in [0.25, 0.3) is 0 Å². The summed E-state index contributed by atoms with van der Waals surface area (Å²) in [6.07, 6.45) is 0.363. The second kappa shape index (κ2) is 6.05. The van der Waals surface area contributed by atoms with Crippen molar-refractivity contribution in [1.82, 2.24) is 10.4 Å². The van der Waals surface area contributed by atoms with E-state index in [1.165, 1.54) is 4.90 Å². The van der Waals surface area contributed by atoms with Crippen LogP contribution in [0, 0.1) is 5.92 Å². The molecule has 1 aromatic carbocycles. The van der Waals surface area contributed by atoms with Crippen LogP contribution in [0.3, 0.4) is 0 Å². The van der Waals surface area contributed by atoms with Gasteiger partial charge >= 0.3 is 0 Å². The highest BCUT2D eigenvalue weighted by molar-refractivity contribution is 6.21. The van der Waals surface area contributed by atoms with Crippen LogP contribution in [0.15, 0.2) is 24.3 Å². The Morgan fingerprint density at radius 3 is 2.14 bits per heavy atom. The number of fused-ring (bicyclic) bond motifs is 1. The van der Waals surface area contributed by atoms with E-state index in [-0.39, 0.29) is 30.2 Å². The van der Waals surface area contributed by atoms with Crippen LogP contribution >= 0.6 is 0 Å². The average Bonchev–Trinajstić information content (AvgIpc) is 2.72. The Bertz CT molecular complexity index is 548. The highest BCUT2D eigenvalue weighted by Gasteiger charge is 2.40. The molecule has 6 nitrogen and oxygen atoms in total. The van der Waals surface area contributed by atoms with Crippen molar-refractivity contribution in [2.75, 3.05) is 0 Å². The standard InChI is InChI=1S/C15H18N2O4/c1-9(2)12(7-8-13(18)16-21)17-14(19)10-5-3-4-6-11(10)15(17)20/h3-6,9,12,21H,7-8H2,1-2H3,(H,16,18). The third-order valence-corrected chi connectivity index (χ3v) is 3.72. The summed E-state index contributed by atoms with van der Waals surface area (Å²) in [5, 5.41) is 8.55. The molecule has 0 bridgehead atoms. The molecule has 21 heavy (non-hydrogen) atoms. The number of amides is 3. The molecule has 0 saturated heterocycles. The van der Waals surface area contributed by atoms with E-state index in [2.05, 4.69) is 0 Å². The van der Waals surface area contributed by atoms with E-state index in [1.54, 1.807) is 29.7 Å². The SMILES string of the molecule is CC(C)C(CCC(=O)NO)N1C(=O)c2ccccc2C1=O. The Labute approximate surface area is 122 Å². The van der Waals surface area contributed by atoms with Crippen LogP contribution in [-0.2, 0) is 4.79 Å². The third-order valence-electron chi connectivity index (χ3n) is 3.72. The Hall–Kier alpha value is -2.21. The molecule has 3 amide bonds. The normalized spacial score (nSPS) is 15.3. The first-order chi connectivity index (χ1) is 9.97. The lowest BCUT2D eigenvalue weighted by Gasteiger charge is -2.29. The Morgan fingerprint density at radius 1 is 1.19 bits per heavy atom. The minimum Gasteiger partial charge on any atom is -0.289 e. The van der Waals surface area contributed by atoms with Gasteiger partial charge < -0.3 is 0 Å². The summed E-state index contributed by atoms with van der Waals surface area (Å²) in [4.78, 5) is 37.3. The van der Waals surface area contributed by atoms with Crippen LogP contribution in [0.2, 0.25) is 0 Å². The smallest absolute Gasteiger partial charge is 0.261 e. The molecule has 0 aromatic heterocycles. The van der Waals surface area contributed by atoms with Gasteiger partial charge in [0.1, 0.15) is 0 Å². The van der Waals surface area contributed by atoms with Crippen LogP contribution in [0.1, 0.15) is 47.4 Å². The quantitative estimate of drug-likeness (QED) is 0.490. The number of nitrogens with one attached hydrogen (secondary N) is 1. The maximum atomic E-state index is 12.4. The van der Waals surface area contributed by atoms with E-state index in [0.29, 0.717) is 17.5 Å². The average molecular weight is 290 g/mol. The van der Waals surface area contributed by atoms with Crippen molar-refractivity contribution in [2.24, 2.45) is 5.92 Å². The van der Waals surface area contributed by atoms with E-state index in [4.69, 9.17) is 5.21 Å². The molecular formula is C15H18N2O4.